The first-order valence-corrected chi connectivity index (χ1v) is 7.86. The Morgan fingerprint density at radius 2 is 2.09 bits per heavy atom. The normalized spacial score (nSPS) is 15.3. The number of carbonyl (C=O) groups excluding carboxylic acids is 1. The van der Waals surface area contributed by atoms with Crippen molar-refractivity contribution in [2.75, 3.05) is 57.9 Å². The molecule has 1 saturated heterocycles. The number of aromatic nitrogens is 1. The SMILES string of the molecule is COCCNCC(=O)N1CCN(c2nc3ccccc3o2)CC1. The van der Waals surface area contributed by atoms with Crippen molar-refractivity contribution in [3.63, 3.8) is 0 Å². The molecular formula is C16H22N4O3. The van der Waals surface area contributed by atoms with Gasteiger partial charge in [-0.25, -0.2) is 0 Å². The summed E-state index contributed by atoms with van der Waals surface area (Å²) in [6, 6.07) is 8.37. The first-order chi connectivity index (χ1) is 11.3. The second kappa shape index (κ2) is 7.43. The first kappa shape index (κ1) is 15.8. The number of benzene rings is 1. The van der Waals surface area contributed by atoms with Crippen LogP contribution in [0.2, 0.25) is 0 Å². The van der Waals surface area contributed by atoms with Crippen LogP contribution in [0.15, 0.2) is 28.7 Å². The summed E-state index contributed by atoms with van der Waals surface area (Å²) in [6.45, 7) is 4.48. The fraction of sp³-hybridized carbons (Fsp3) is 0.500. The molecule has 1 aromatic carbocycles. The highest BCUT2D eigenvalue weighted by molar-refractivity contribution is 5.78. The molecule has 1 aromatic heterocycles. The van der Waals surface area contributed by atoms with E-state index in [0.717, 1.165) is 24.2 Å². The molecule has 0 atom stereocenters. The number of hydrogen-bond acceptors (Lipinski definition) is 6. The first-order valence-electron chi connectivity index (χ1n) is 7.86. The van der Waals surface area contributed by atoms with Crippen LogP contribution in [0.25, 0.3) is 11.1 Å². The van der Waals surface area contributed by atoms with E-state index in [4.69, 9.17) is 9.15 Å². The average molecular weight is 318 g/mol. The number of rotatable bonds is 6. The Bertz CT molecular complexity index is 617. The minimum absolute atomic E-state index is 0.123. The maximum absolute atomic E-state index is 12.1. The summed E-state index contributed by atoms with van der Waals surface area (Å²) < 4.78 is 10.7. The molecule has 0 spiro atoms. The fourth-order valence-corrected chi connectivity index (χ4v) is 2.62. The number of methoxy groups -OCH3 is 1. The van der Waals surface area contributed by atoms with Gasteiger partial charge in [-0.15, -0.1) is 0 Å². The Morgan fingerprint density at radius 3 is 2.83 bits per heavy atom. The van der Waals surface area contributed by atoms with Gasteiger partial charge in [0.15, 0.2) is 5.58 Å². The third kappa shape index (κ3) is 3.80. The highest BCUT2D eigenvalue weighted by Gasteiger charge is 2.23. The van der Waals surface area contributed by atoms with Crippen LogP contribution in [0.3, 0.4) is 0 Å². The zero-order valence-electron chi connectivity index (χ0n) is 13.3. The van der Waals surface area contributed by atoms with Crippen LogP contribution in [0, 0.1) is 0 Å². The van der Waals surface area contributed by atoms with Crippen molar-refractivity contribution in [2.45, 2.75) is 0 Å². The number of anilines is 1. The number of fused-ring (bicyclic) bond motifs is 1. The number of nitrogens with one attached hydrogen (secondary N) is 1. The summed E-state index contributed by atoms with van der Waals surface area (Å²) in [7, 11) is 1.65. The Morgan fingerprint density at radius 1 is 1.30 bits per heavy atom. The smallest absolute Gasteiger partial charge is 0.298 e. The predicted molar refractivity (Wildman–Crippen MR) is 87.5 cm³/mol. The second-order valence-corrected chi connectivity index (χ2v) is 5.50. The molecule has 7 heteroatoms. The fourth-order valence-electron chi connectivity index (χ4n) is 2.62. The van der Waals surface area contributed by atoms with Gasteiger partial charge in [-0.05, 0) is 12.1 Å². The summed E-state index contributed by atoms with van der Waals surface area (Å²) in [5.74, 6) is 0.123. The monoisotopic (exact) mass is 318 g/mol. The van der Waals surface area contributed by atoms with Gasteiger partial charge in [-0.1, -0.05) is 12.1 Å². The quantitative estimate of drug-likeness (QED) is 0.791. The molecule has 0 saturated carbocycles. The maximum Gasteiger partial charge on any atom is 0.298 e. The zero-order chi connectivity index (χ0) is 16.1. The Balaban J connectivity index is 1.50. The molecule has 1 aliphatic heterocycles. The van der Waals surface area contributed by atoms with E-state index in [1.54, 1.807) is 7.11 Å². The van der Waals surface area contributed by atoms with Gasteiger partial charge in [-0.3, -0.25) is 4.79 Å². The van der Waals surface area contributed by atoms with Crippen LogP contribution in [-0.4, -0.2) is 68.8 Å². The Kier molecular flexibility index (Phi) is 5.09. The van der Waals surface area contributed by atoms with E-state index in [0.29, 0.717) is 38.8 Å². The number of hydrogen-bond donors (Lipinski definition) is 1. The van der Waals surface area contributed by atoms with Gasteiger partial charge in [-0.2, -0.15) is 4.98 Å². The van der Waals surface area contributed by atoms with Gasteiger partial charge < -0.3 is 24.3 Å². The van der Waals surface area contributed by atoms with E-state index in [2.05, 4.69) is 15.2 Å². The molecule has 7 nitrogen and oxygen atoms in total. The molecule has 1 N–H and O–H groups in total. The van der Waals surface area contributed by atoms with Gasteiger partial charge in [0.1, 0.15) is 5.52 Å². The number of piperazine rings is 1. The lowest BCUT2D eigenvalue weighted by Gasteiger charge is -2.33. The van der Waals surface area contributed by atoms with Crippen molar-refractivity contribution in [3.05, 3.63) is 24.3 Å². The molecule has 0 aliphatic carbocycles. The molecule has 1 amide bonds. The molecule has 3 rings (SSSR count). The topological polar surface area (TPSA) is 70.8 Å². The van der Waals surface area contributed by atoms with Gasteiger partial charge in [0.25, 0.3) is 6.01 Å². The summed E-state index contributed by atoms with van der Waals surface area (Å²) in [4.78, 5) is 20.6. The zero-order valence-corrected chi connectivity index (χ0v) is 13.3. The van der Waals surface area contributed by atoms with Crippen molar-refractivity contribution in [2.24, 2.45) is 0 Å². The number of amides is 1. The lowest BCUT2D eigenvalue weighted by molar-refractivity contribution is -0.130. The van der Waals surface area contributed by atoms with Crippen LogP contribution >= 0.6 is 0 Å². The molecular weight excluding hydrogens is 296 g/mol. The molecule has 0 bridgehead atoms. The molecule has 2 heterocycles. The Hall–Kier alpha value is -2.12. The van der Waals surface area contributed by atoms with Gasteiger partial charge in [0, 0.05) is 39.8 Å². The van der Waals surface area contributed by atoms with Crippen molar-refractivity contribution in [1.29, 1.82) is 0 Å². The van der Waals surface area contributed by atoms with Crippen LogP contribution in [0.1, 0.15) is 0 Å². The van der Waals surface area contributed by atoms with E-state index in [-0.39, 0.29) is 5.91 Å². The molecule has 23 heavy (non-hydrogen) atoms. The highest BCUT2D eigenvalue weighted by Crippen LogP contribution is 2.22. The van der Waals surface area contributed by atoms with E-state index < -0.39 is 0 Å². The van der Waals surface area contributed by atoms with Gasteiger partial charge in [0.2, 0.25) is 5.91 Å². The number of para-hydroxylation sites is 2. The van der Waals surface area contributed by atoms with Crippen molar-refractivity contribution >= 4 is 23.0 Å². The summed E-state index contributed by atoms with van der Waals surface area (Å²) >= 11 is 0. The molecule has 2 aromatic rings. The average Bonchev–Trinajstić information content (AvgIpc) is 3.03. The van der Waals surface area contributed by atoms with E-state index in [9.17, 15) is 4.79 Å². The van der Waals surface area contributed by atoms with Gasteiger partial charge >= 0.3 is 0 Å². The highest BCUT2D eigenvalue weighted by atomic mass is 16.5. The Labute approximate surface area is 135 Å². The number of ether oxygens (including phenoxy) is 1. The van der Waals surface area contributed by atoms with E-state index in [1.807, 2.05) is 29.2 Å². The van der Waals surface area contributed by atoms with Crippen LogP contribution in [-0.2, 0) is 9.53 Å². The number of oxazole rings is 1. The van der Waals surface area contributed by atoms with Crippen molar-refractivity contribution < 1.29 is 13.9 Å². The third-order valence-corrected chi connectivity index (χ3v) is 3.94. The van der Waals surface area contributed by atoms with Gasteiger partial charge in [0.05, 0.1) is 13.2 Å². The van der Waals surface area contributed by atoms with Crippen LogP contribution < -0.4 is 10.2 Å². The predicted octanol–water partition coefficient (Wildman–Crippen LogP) is 0.712. The number of nitrogens with zero attached hydrogens (tertiary/aromatic N) is 3. The summed E-state index contributed by atoms with van der Waals surface area (Å²) in [5, 5.41) is 3.08. The summed E-state index contributed by atoms with van der Waals surface area (Å²) in [6.07, 6.45) is 0. The molecule has 1 aliphatic rings. The third-order valence-electron chi connectivity index (χ3n) is 3.94. The molecule has 0 radical (unpaired) electrons. The number of carbonyl (C=O) groups is 1. The lowest BCUT2D eigenvalue weighted by Crippen LogP contribution is -2.51. The minimum atomic E-state index is 0.123. The summed E-state index contributed by atoms with van der Waals surface area (Å²) in [5.41, 5.74) is 1.66. The van der Waals surface area contributed by atoms with Crippen LogP contribution in [0.4, 0.5) is 6.01 Å². The van der Waals surface area contributed by atoms with E-state index >= 15 is 0 Å². The second-order valence-electron chi connectivity index (χ2n) is 5.50. The van der Waals surface area contributed by atoms with E-state index in [1.165, 1.54) is 0 Å². The minimum Gasteiger partial charge on any atom is -0.423 e. The molecule has 124 valence electrons. The van der Waals surface area contributed by atoms with Crippen molar-refractivity contribution in [3.8, 4) is 0 Å². The molecule has 0 unspecified atom stereocenters. The van der Waals surface area contributed by atoms with Crippen molar-refractivity contribution in [1.82, 2.24) is 15.2 Å². The maximum atomic E-state index is 12.1. The van der Waals surface area contributed by atoms with Crippen LogP contribution in [0.5, 0.6) is 0 Å². The molecule has 1 fully saturated rings. The lowest BCUT2D eigenvalue weighted by atomic mass is 10.3. The largest absolute Gasteiger partial charge is 0.423 e. The standard InChI is InChI=1S/C16H22N4O3/c1-22-11-6-17-12-15(21)19-7-9-20(10-8-19)16-18-13-4-2-3-5-14(13)23-16/h2-5,17H,6-12H2,1H3.